The number of aryl methyl sites for hydroxylation is 1. The first-order valence-electron chi connectivity index (χ1n) is 9.68. The van der Waals surface area contributed by atoms with Crippen LogP contribution in [0.5, 0.6) is 11.5 Å². The van der Waals surface area contributed by atoms with Crippen LogP contribution < -0.4 is 14.8 Å². The summed E-state index contributed by atoms with van der Waals surface area (Å²) in [6.45, 7) is 2.17. The van der Waals surface area contributed by atoms with Crippen molar-refractivity contribution in [2.45, 2.75) is 18.7 Å². The maximum Gasteiger partial charge on any atom is 0.339 e. The van der Waals surface area contributed by atoms with E-state index in [1.807, 2.05) is 25.1 Å². The Balaban J connectivity index is 1.58. The molecule has 0 saturated heterocycles. The van der Waals surface area contributed by atoms with E-state index in [2.05, 4.69) is 15.5 Å². The lowest BCUT2D eigenvalue weighted by Gasteiger charge is -2.11. The zero-order chi connectivity index (χ0) is 23.1. The molecular weight excluding hydrogens is 432 g/mol. The fourth-order valence-electron chi connectivity index (χ4n) is 2.83. The van der Waals surface area contributed by atoms with E-state index in [9.17, 15) is 9.59 Å². The summed E-state index contributed by atoms with van der Waals surface area (Å²) in [6.07, 6.45) is 0. The molecule has 0 aliphatic rings. The summed E-state index contributed by atoms with van der Waals surface area (Å²) in [4.78, 5) is 24.2. The Morgan fingerprint density at radius 1 is 1.09 bits per heavy atom. The maximum absolute atomic E-state index is 12.4. The molecule has 1 aromatic heterocycles. The average molecular weight is 457 g/mol. The number of amides is 1. The van der Waals surface area contributed by atoms with Crippen LogP contribution in [0.4, 0.5) is 5.69 Å². The number of para-hydroxylation sites is 1. The van der Waals surface area contributed by atoms with Crippen molar-refractivity contribution in [3.63, 3.8) is 0 Å². The van der Waals surface area contributed by atoms with Crippen molar-refractivity contribution >= 4 is 29.3 Å². The van der Waals surface area contributed by atoms with E-state index in [1.54, 1.807) is 43.0 Å². The molecule has 168 valence electrons. The number of carbonyl (C=O) groups excluding carboxylic acids is 2. The molecule has 3 aromatic rings. The van der Waals surface area contributed by atoms with Gasteiger partial charge in [0.1, 0.15) is 6.61 Å². The van der Waals surface area contributed by atoms with Crippen molar-refractivity contribution in [2.75, 3.05) is 25.3 Å². The molecule has 0 saturated carbocycles. The van der Waals surface area contributed by atoms with E-state index in [0.29, 0.717) is 28.2 Å². The van der Waals surface area contributed by atoms with Gasteiger partial charge in [-0.1, -0.05) is 30.0 Å². The Morgan fingerprint density at radius 3 is 2.62 bits per heavy atom. The standard InChI is InChI=1S/C22H24N4O5S/c1-14-9-10-17(18(11-14)29-3)31-12-19-24-25-22(26(19)2)32-13-20(27)23-16-8-6-5-7-15(16)21(28)30-4/h5-11H,12-13H2,1-4H3,(H,23,27). The molecule has 0 fully saturated rings. The molecule has 10 heteroatoms. The van der Waals surface area contributed by atoms with Gasteiger partial charge >= 0.3 is 5.97 Å². The molecular formula is C22H24N4O5S. The molecule has 0 aliphatic carbocycles. The smallest absolute Gasteiger partial charge is 0.339 e. The Labute approximate surface area is 190 Å². The average Bonchev–Trinajstić information content (AvgIpc) is 3.15. The number of aromatic nitrogens is 3. The van der Waals surface area contributed by atoms with Crippen molar-refractivity contribution < 1.29 is 23.8 Å². The SMILES string of the molecule is COC(=O)c1ccccc1NC(=O)CSc1nnc(COc2ccc(C)cc2OC)n1C. The van der Waals surface area contributed by atoms with E-state index in [0.717, 1.165) is 5.56 Å². The van der Waals surface area contributed by atoms with Crippen LogP contribution in [0, 0.1) is 6.92 Å². The summed E-state index contributed by atoms with van der Waals surface area (Å²) >= 11 is 1.23. The Hall–Kier alpha value is -3.53. The van der Waals surface area contributed by atoms with Gasteiger partial charge in [-0.2, -0.15) is 0 Å². The first-order valence-corrected chi connectivity index (χ1v) is 10.7. The summed E-state index contributed by atoms with van der Waals surface area (Å²) in [5, 5.41) is 11.6. The van der Waals surface area contributed by atoms with Gasteiger partial charge in [0.2, 0.25) is 5.91 Å². The summed E-state index contributed by atoms with van der Waals surface area (Å²) < 4.78 is 17.7. The number of hydrogen-bond acceptors (Lipinski definition) is 8. The number of hydrogen-bond donors (Lipinski definition) is 1. The van der Waals surface area contributed by atoms with Crippen LogP contribution in [0.25, 0.3) is 0 Å². The summed E-state index contributed by atoms with van der Waals surface area (Å²) in [7, 11) is 4.69. The second kappa shape index (κ2) is 10.7. The number of benzene rings is 2. The maximum atomic E-state index is 12.4. The number of methoxy groups -OCH3 is 2. The highest BCUT2D eigenvalue weighted by Crippen LogP contribution is 2.28. The van der Waals surface area contributed by atoms with Crippen LogP contribution in [0.15, 0.2) is 47.6 Å². The molecule has 32 heavy (non-hydrogen) atoms. The largest absolute Gasteiger partial charge is 0.493 e. The molecule has 3 rings (SSSR count). The molecule has 0 bridgehead atoms. The van der Waals surface area contributed by atoms with E-state index < -0.39 is 5.97 Å². The molecule has 0 spiro atoms. The van der Waals surface area contributed by atoms with Gasteiger partial charge in [-0.3, -0.25) is 4.79 Å². The Kier molecular flexibility index (Phi) is 7.72. The van der Waals surface area contributed by atoms with Crippen LogP contribution >= 0.6 is 11.8 Å². The quantitative estimate of drug-likeness (QED) is 0.387. The monoisotopic (exact) mass is 456 g/mol. The highest BCUT2D eigenvalue weighted by atomic mass is 32.2. The van der Waals surface area contributed by atoms with Crippen molar-refractivity contribution in [1.29, 1.82) is 0 Å². The number of ether oxygens (including phenoxy) is 3. The van der Waals surface area contributed by atoms with Gasteiger partial charge in [0.15, 0.2) is 22.5 Å². The molecule has 1 heterocycles. The van der Waals surface area contributed by atoms with Gasteiger partial charge in [-0.25, -0.2) is 4.79 Å². The Morgan fingerprint density at radius 2 is 1.88 bits per heavy atom. The minimum Gasteiger partial charge on any atom is -0.493 e. The third-order valence-corrected chi connectivity index (χ3v) is 5.56. The van der Waals surface area contributed by atoms with Crippen LogP contribution in [0.1, 0.15) is 21.7 Å². The number of thioether (sulfide) groups is 1. The third-order valence-electron chi connectivity index (χ3n) is 4.54. The predicted molar refractivity (Wildman–Crippen MR) is 120 cm³/mol. The second-order valence-corrected chi connectivity index (χ2v) is 7.72. The number of rotatable bonds is 9. The lowest BCUT2D eigenvalue weighted by molar-refractivity contribution is -0.113. The molecule has 2 aromatic carbocycles. The number of anilines is 1. The molecule has 0 atom stereocenters. The fourth-order valence-corrected chi connectivity index (χ4v) is 3.56. The van der Waals surface area contributed by atoms with Crippen molar-refractivity contribution in [1.82, 2.24) is 14.8 Å². The molecule has 0 radical (unpaired) electrons. The van der Waals surface area contributed by atoms with Gasteiger partial charge in [-0.15, -0.1) is 10.2 Å². The van der Waals surface area contributed by atoms with Crippen LogP contribution in [-0.2, 0) is 23.2 Å². The van der Waals surface area contributed by atoms with Crippen LogP contribution in [-0.4, -0.2) is 46.6 Å². The van der Waals surface area contributed by atoms with Crippen molar-refractivity contribution in [2.24, 2.45) is 7.05 Å². The Bertz CT molecular complexity index is 1120. The van der Waals surface area contributed by atoms with Crippen LogP contribution in [0.3, 0.4) is 0 Å². The highest BCUT2D eigenvalue weighted by Gasteiger charge is 2.16. The normalized spacial score (nSPS) is 10.5. The van der Waals surface area contributed by atoms with Crippen molar-refractivity contribution in [3.8, 4) is 11.5 Å². The summed E-state index contributed by atoms with van der Waals surface area (Å²) in [5.74, 6) is 1.15. The minimum atomic E-state index is -0.517. The first-order chi connectivity index (χ1) is 15.4. The van der Waals surface area contributed by atoms with Crippen LogP contribution in [0.2, 0.25) is 0 Å². The van der Waals surface area contributed by atoms with Crippen molar-refractivity contribution in [3.05, 3.63) is 59.4 Å². The van der Waals surface area contributed by atoms with Gasteiger partial charge in [-0.05, 0) is 36.8 Å². The fraction of sp³-hybridized carbons (Fsp3) is 0.273. The highest BCUT2D eigenvalue weighted by molar-refractivity contribution is 7.99. The van der Waals surface area contributed by atoms with E-state index in [1.165, 1.54) is 18.9 Å². The topological polar surface area (TPSA) is 105 Å². The molecule has 0 unspecified atom stereocenters. The first kappa shape index (κ1) is 23.1. The molecule has 0 aliphatic heterocycles. The summed E-state index contributed by atoms with van der Waals surface area (Å²) in [5.41, 5.74) is 1.75. The summed E-state index contributed by atoms with van der Waals surface area (Å²) in [6, 6.07) is 12.3. The van der Waals surface area contributed by atoms with Gasteiger partial charge in [0.05, 0.1) is 31.2 Å². The van der Waals surface area contributed by atoms with Gasteiger partial charge in [0, 0.05) is 7.05 Å². The predicted octanol–water partition coefficient (Wildman–Crippen LogP) is 3.23. The van der Waals surface area contributed by atoms with Gasteiger partial charge < -0.3 is 24.1 Å². The van der Waals surface area contributed by atoms with E-state index >= 15 is 0 Å². The zero-order valence-electron chi connectivity index (χ0n) is 18.2. The second-order valence-electron chi connectivity index (χ2n) is 6.77. The number of esters is 1. The zero-order valence-corrected chi connectivity index (χ0v) is 19.1. The molecule has 1 amide bonds. The molecule has 1 N–H and O–H groups in total. The third kappa shape index (κ3) is 5.58. The number of nitrogens with one attached hydrogen (secondary N) is 1. The van der Waals surface area contributed by atoms with E-state index in [-0.39, 0.29) is 23.8 Å². The lowest BCUT2D eigenvalue weighted by atomic mass is 10.2. The minimum absolute atomic E-state index is 0.0914. The number of nitrogens with zero attached hydrogens (tertiary/aromatic N) is 3. The van der Waals surface area contributed by atoms with Gasteiger partial charge in [0.25, 0.3) is 0 Å². The van der Waals surface area contributed by atoms with E-state index in [4.69, 9.17) is 14.2 Å². The lowest BCUT2D eigenvalue weighted by Crippen LogP contribution is -2.17. The molecule has 9 nitrogen and oxygen atoms in total. The number of carbonyl (C=O) groups is 2.